The zero-order chi connectivity index (χ0) is 10.6. The number of hydrogen-bond acceptors (Lipinski definition) is 4. The highest BCUT2D eigenvalue weighted by molar-refractivity contribution is 7.91. The van der Waals surface area contributed by atoms with Gasteiger partial charge in [-0.2, -0.15) is 0 Å². The van der Waals surface area contributed by atoms with Gasteiger partial charge in [0.05, 0.1) is 17.0 Å². The van der Waals surface area contributed by atoms with E-state index in [9.17, 15) is 13.2 Å². The van der Waals surface area contributed by atoms with Crippen molar-refractivity contribution in [3.63, 3.8) is 0 Å². The molecular weight excluding hydrogens is 192 g/mol. The first-order valence-corrected chi connectivity index (χ1v) is 5.75. The van der Waals surface area contributed by atoms with Crippen LogP contribution in [0.15, 0.2) is 0 Å². The summed E-state index contributed by atoms with van der Waals surface area (Å²) in [5.41, 5.74) is 10.2. The highest BCUT2D eigenvalue weighted by atomic mass is 32.2. The fourth-order valence-corrected chi connectivity index (χ4v) is 1.72. The molecule has 78 valence electrons. The predicted octanol–water partition coefficient (Wildman–Crippen LogP) is -0.988. The van der Waals surface area contributed by atoms with E-state index in [0.717, 1.165) is 0 Å². The number of nitrogens with two attached hydrogens (primary N) is 2. The average Bonchev–Trinajstić information content (AvgIpc) is 1.99. The van der Waals surface area contributed by atoms with Crippen LogP contribution in [-0.2, 0) is 14.6 Å². The SMILES string of the molecule is CC(C)S(=O)(=O)CCC(N)C(N)=O. The first-order chi connectivity index (χ1) is 5.77. The molecule has 13 heavy (non-hydrogen) atoms. The molecule has 4 N–H and O–H groups in total. The lowest BCUT2D eigenvalue weighted by atomic mass is 10.2. The van der Waals surface area contributed by atoms with Crippen molar-refractivity contribution in [2.75, 3.05) is 5.75 Å². The minimum absolute atomic E-state index is 0.0885. The van der Waals surface area contributed by atoms with Crippen LogP contribution in [0.2, 0.25) is 0 Å². The van der Waals surface area contributed by atoms with Gasteiger partial charge in [-0.05, 0) is 20.3 Å². The normalized spacial score (nSPS) is 14.5. The van der Waals surface area contributed by atoms with Crippen molar-refractivity contribution in [1.82, 2.24) is 0 Å². The quantitative estimate of drug-likeness (QED) is 0.605. The Balaban J connectivity index is 4.11. The monoisotopic (exact) mass is 208 g/mol. The van der Waals surface area contributed by atoms with Gasteiger partial charge >= 0.3 is 0 Å². The van der Waals surface area contributed by atoms with E-state index >= 15 is 0 Å². The van der Waals surface area contributed by atoms with Crippen molar-refractivity contribution in [2.24, 2.45) is 11.5 Å². The molecule has 0 aliphatic heterocycles. The Morgan fingerprint density at radius 1 is 1.38 bits per heavy atom. The molecule has 0 heterocycles. The maximum atomic E-state index is 11.2. The lowest BCUT2D eigenvalue weighted by Crippen LogP contribution is -2.38. The van der Waals surface area contributed by atoms with Crippen molar-refractivity contribution in [3.05, 3.63) is 0 Å². The van der Waals surface area contributed by atoms with Gasteiger partial charge in [0.15, 0.2) is 9.84 Å². The molecule has 0 saturated heterocycles. The van der Waals surface area contributed by atoms with E-state index in [1.807, 2.05) is 0 Å². The van der Waals surface area contributed by atoms with Crippen LogP contribution in [0.3, 0.4) is 0 Å². The van der Waals surface area contributed by atoms with Crippen LogP contribution in [-0.4, -0.2) is 31.4 Å². The molecule has 1 atom stereocenters. The van der Waals surface area contributed by atoms with Crippen LogP contribution < -0.4 is 11.5 Å². The average molecular weight is 208 g/mol. The van der Waals surface area contributed by atoms with Gasteiger partial charge in [-0.1, -0.05) is 0 Å². The standard InChI is InChI=1S/C7H16N2O3S/c1-5(2)13(11,12)4-3-6(8)7(9)10/h5-6H,3-4,8H2,1-2H3,(H2,9,10). The summed E-state index contributed by atoms with van der Waals surface area (Å²) in [5.74, 6) is -0.756. The van der Waals surface area contributed by atoms with Crippen molar-refractivity contribution < 1.29 is 13.2 Å². The van der Waals surface area contributed by atoms with Gasteiger partial charge in [-0.25, -0.2) is 8.42 Å². The molecule has 5 nitrogen and oxygen atoms in total. The minimum atomic E-state index is -3.11. The Labute approximate surface area is 78.4 Å². The molecule has 1 unspecified atom stereocenters. The molecule has 0 aromatic carbocycles. The Kier molecular flexibility index (Phi) is 4.35. The van der Waals surface area contributed by atoms with E-state index in [-0.39, 0.29) is 12.2 Å². The zero-order valence-electron chi connectivity index (χ0n) is 7.86. The molecule has 0 saturated carbocycles. The van der Waals surface area contributed by atoms with E-state index in [1.165, 1.54) is 0 Å². The summed E-state index contributed by atoms with van der Waals surface area (Å²) in [5, 5.41) is -0.437. The zero-order valence-corrected chi connectivity index (χ0v) is 8.67. The van der Waals surface area contributed by atoms with Crippen molar-refractivity contribution in [1.29, 1.82) is 0 Å². The molecule has 0 bridgehead atoms. The minimum Gasteiger partial charge on any atom is -0.368 e. The van der Waals surface area contributed by atoms with Gasteiger partial charge in [-0.3, -0.25) is 4.79 Å². The number of sulfone groups is 1. The smallest absolute Gasteiger partial charge is 0.234 e. The number of primary amides is 1. The van der Waals surface area contributed by atoms with Gasteiger partial charge < -0.3 is 11.5 Å². The molecule has 0 radical (unpaired) electrons. The Morgan fingerprint density at radius 3 is 2.15 bits per heavy atom. The molecule has 1 amide bonds. The highest BCUT2D eigenvalue weighted by Crippen LogP contribution is 2.03. The summed E-state index contributed by atoms with van der Waals surface area (Å²) < 4.78 is 22.5. The van der Waals surface area contributed by atoms with Gasteiger partial charge in [0.2, 0.25) is 5.91 Å². The van der Waals surface area contributed by atoms with Crippen molar-refractivity contribution in [2.45, 2.75) is 31.6 Å². The molecule has 0 aliphatic rings. The van der Waals surface area contributed by atoms with Crippen molar-refractivity contribution in [3.8, 4) is 0 Å². The van der Waals surface area contributed by atoms with E-state index in [1.54, 1.807) is 13.8 Å². The Bertz CT molecular complexity index is 271. The molecule has 0 aliphatic carbocycles. The first-order valence-electron chi connectivity index (χ1n) is 4.04. The summed E-state index contributed by atoms with van der Waals surface area (Å²) in [6.45, 7) is 3.18. The number of carbonyl (C=O) groups is 1. The van der Waals surface area contributed by atoms with E-state index < -0.39 is 27.0 Å². The van der Waals surface area contributed by atoms with Crippen LogP contribution in [0.25, 0.3) is 0 Å². The summed E-state index contributed by atoms with van der Waals surface area (Å²) >= 11 is 0. The molecular formula is C7H16N2O3S. The van der Waals surface area contributed by atoms with Gasteiger partial charge in [-0.15, -0.1) is 0 Å². The maximum absolute atomic E-state index is 11.2. The van der Waals surface area contributed by atoms with Crippen LogP contribution in [0.4, 0.5) is 0 Å². The third-order valence-corrected chi connectivity index (χ3v) is 4.04. The van der Waals surface area contributed by atoms with Crippen LogP contribution in [0.5, 0.6) is 0 Å². The lowest BCUT2D eigenvalue weighted by molar-refractivity contribution is -0.119. The molecule has 0 fully saturated rings. The Hall–Kier alpha value is -0.620. The van der Waals surface area contributed by atoms with Gasteiger partial charge in [0.25, 0.3) is 0 Å². The molecule has 0 aromatic rings. The van der Waals surface area contributed by atoms with Gasteiger partial charge in [0.1, 0.15) is 0 Å². The fraction of sp³-hybridized carbons (Fsp3) is 0.857. The first kappa shape index (κ1) is 12.4. The highest BCUT2D eigenvalue weighted by Gasteiger charge is 2.19. The van der Waals surface area contributed by atoms with Crippen LogP contribution in [0, 0.1) is 0 Å². The Morgan fingerprint density at radius 2 is 1.85 bits per heavy atom. The summed E-state index contributed by atoms with van der Waals surface area (Å²) in [7, 11) is -3.11. The van der Waals surface area contributed by atoms with Crippen molar-refractivity contribution >= 4 is 15.7 Å². The number of amides is 1. The second kappa shape index (κ2) is 4.57. The third kappa shape index (κ3) is 4.23. The number of rotatable bonds is 5. The van der Waals surface area contributed by atoms with Crippen LogP contribution >= 0.6 is 0 Å². The summed E-state index contributed by atoms with van der Waals surface area (Å²) in [4.78, 5) is 10.5. The van der Waals surface area contributed by atoms with E-state index in [0.29, 0.717) is 0 Å². The molecule has 6 heteroatoms. The fourth-order valence-electron chi connectivity index (χ4n) is 0.669. The van der Waals surface area contributed by atoms with E-state index in [2.05, 4.69) is 0 Å². The second-order valence-corrected chi connectivity index (χ2v) is 5.89. The molecule has 0 aromatic heterocycles. The molecule has 0 spiro atoms. The van der Waals surface area contributed by atoms with Gasteiger partial charge in [0, 0.05) is 0 Å². The predicted molar refractivity (Wildman–Crippen MR) is 50.7 cm³/mol. The van der Waals surface area contributed by atoms with E-state index in [4.69, 9.17) is 11.5 Å². The number of hydrogen-bond donors (Lipinski definition) is 2. The third-order valence-electron chi connectivity index (χ3n) is 1.80. The molecule has 0 rings (SSSR count). The summed E-state index contributed by atoms with van der Waals surface area (Å²) in [6, 6.07) is -0.867. The van der Waals surface area contributed by atoms with Crippen LogP contribution in [0.1, 0.15) is 20.3 Å². The lowest BCUT2D eigenvalue weighted by Gasteiger charge is -2.09. The topological polar surface area (TPSA) is 103 Å². The second-order valence-electron chi connectivity index (χ2n) is 3.21. The summed E-state index contributed by atoms with van der Waals surface area (Å²) in [6.07, 6.45) is 0.0931. The number of carbonyl (C=O) groups excluding carboxylic acids is 1. The maximum Gasteiger partial charge on any atom is 0.234 e. The largest absolute Gasteiger partial charge is 0.368 e.